The molecule has 0 saturated heterocycles. The Kier molecular flexibility index (Phi) is 3.35. The molecule has 4 aromatic rings. The maximum absolute atomic E-state index is 14.4. The van der Waals surface area contributed by atoms with Crippen LogP contribution in [-0.2, 0) is 5.41 Å². The van der Waals surface area contributed by atoms with Crippen molar-refractivity contribution in [2.45, 2.75) is 26.2 Å². The Bertz CT molecular complexity index is 1110. The van der Waals surface area contributed by atoms with Crippen LogP contribution in [0.3, 0.4) is 0 Å². The summed E-state index contributed by atoms with van der Waals surface area (Å²) < 4.78 is 28.3. The van der Waals surface area contributed by atoms with E-state index in [0.717, 1.165) is 21.9 Å². The SMILES string of the molecule is CC(C)(C)c1ncc(-c2ccc3c(c2)[nH]c2c(F)cncc23)cc1F. The first-order valence-corrected chi connectivity index (χ1v) is 8.06. The van der Waals surface area contributed by atoms with Crippen LogP contribution in [0.15, 0.2) is 42.9 Å². The lowest BCUT2D eigenvalue weighted by Gasteiger charge is -2.18. The Hall–Kier alpha value is -2.82. The molecular formula is C20H17F2N3. The number of rotatable bonds is 1. The Balaban J connectivity index is 1.86. The number of aromatic amines is 1. The molecule has 0 unspecified atom stereocenters. The largest absolute Gasteiger partial charge is 0.352 e. The lowest BCUT2D eigenvalue weighted by atomic mass is 9.90. The van der Waals surface area contributed by atoms with E-state index >= 15 is 0 Å². The average Bonchev–Trinajstić information content (AvgIpc) is 2.93. The standard InChI is InChI=1S/C20H17F2N3/c1-20(2,3)19-15(21)6-12(8-24-19)11-4-5-13-14-9-23-10-16(22)18(14)25-17(13)7-11/h4-10,25H,1-3H3. The first kappa shape index (κ1) is 15.7. The van der Waals surface area contributed by atoms with Crippen LogP contribution in [0, 0.1) is 11.6 Å². The van der Waals surface area contributed by atoms with E-state index in [1.807, 2.05) is 39.0 Å². The van der Waals surface area contributed by atoms with Crippen molar-refractivity contribution in [1.29, 1.82) is 0 Å². The summed E-state index contributed by atoms with van der Waals surface area (Å²) in [6, 6.07) is 7.15. The molecule has 25 heavy (non-hydrogen) atoms. The summed E-state index contributed by atoms with van der Waals surface area (Å²) in [7, 11) is 0. The summed E-state index contributed by atoms with van der Waals surface area (Å²) in [6.45, 7) is 5.78. The number of hydrogen-bond acceptors (Lipinski definition) is 2. The zero-order valence-electron chi connectivity index (χ0n) is 14.2. The second-order valence-electron chi connectivity index (χ2n) is 7.23. The topological polar surface area (TPSA) is 41.6 Å². The van der Waals surface area contributed by atoms with Gasteiger partial charge in [-0.3, -0.25) is 9.97 Å². The van der Waals surface area contributed by atoms with E-state index in [0.29, 0.717) is 16.8 Å². The highest BCUT2D eigenvalue weighted by Gasteiger charge is 2.20. The molecule has 3 heterocycles. The Labute approximate surface area is 143 Å². The van der Waals surface area contributed by atoms with Gasteiger partial charge in [0.1, 0.15) is 5.82 Å². The number of nitrogens with one attached hydrogen (secondary N) is 1. The van der Waals surface area contributed by atoms with E-state index in [4.69, 9.17) is 0 Å². The number of H-pyrrole nitrogens is 1. The zero-order chi connectivity index (χ0) is 17.8. The van der Waals surface area contributed by atoms with E-state index in [-0.39, 0.29) is 11.2 Å². The molecule has 1 N–H and O–H groups in total. The number of fused-ring (bicyclic) bond motifs is 3. The van der Waals surface area contributed by atoms with Crippen molar-refractivity contribution in [3.8, 4) is 11.1 Å². The Morgan fingerprint density at radius 1 is 0.880 bits per heavy atom. The van der Waals surface area contributed by atoms with Gasteiger partial charge in [-0.1, -0.05) is 32.9 Å². The molecule has 126 valence electrons. The lowest BCUT2D eigenvalue weighted by Crippen LogP contribution is -2.15. The van der Waals surface area contributed by atoms with Gasteiger partial charge in [-0.2, -0.15) is 0 Å². The molecule has 1 aromatic carbocycles. The molecule has 5 heteroatoms. The molecule has 0 amide bonds. The van der Waals surface area contributed by atoms with Crippen LogP contribution in [-0.4, -0.2) is 15.0 Å². The second-order valence-corrected chi connectivity index (χ2v) is 7.23. The van der Waals surface area contributed by atoms with Crippen LogP contribution in [0.2, 0.25) is 0 Å². The van der Waals surface area contributed by atoms with Crippen molar-refractivity contribution in [2.75, 3.05) is 0 Å². The normalized spacial score (nSPS) is 12.2. The van der Waals surface area contributed by atoms with Gasteiger partial charge in [-0.15, -0.1) is 0 Å². The molecule has 0 aliphatic carbocycles. The van der Waals surface area contributed by atoms with Crippen LogP contribution in [0.5, 0.6) is 0 Å². The summed E-state index contributed by atoms with van der Waals surface area (Å²) in [5.41, 5.74) is 2.79. The van der Waals surface area contributed by atoms with Crippen molar-refractivity contribution >= 4 is 21.8 Å². The highest BCUT2D eigenvalue weighted by atomic mass is 19.1. The zero-order valence-corrected chi connectivity index (χ0v) is 14.2. The fourth-order valence-corrected chi connectivity index (χ4v) is 3.11. The highest BCUT2D eigenvalue weighted by molar-refractivity contribution is 6.07. The minimum Gasteiger partial charge on any atom is -0.352 e. The van der Waals surface area contributed by atoms with Crippen LogP contribution in [0.4, 0.5) is 8.78 Å². The summed E-state index contributed by atoms with van der Waals surface area (Å²) in [6.07, 6.45) is 4.50. The predicted octanol–water partition coefficient (Wildman–Crippen LogP) is 5.35. The van der Waals surface area contributed by atoms with Gasteiger partial charge in [-0.05, 0) is 17.7 Å². The van der Waals surface area contributed by atoms with Crippen LogP contribution in [0.1, 0.15) is 26.5 Å². The van der Waals surface area contributed by atoms with Crippen LogP contribution < -0.4 is 0 Å². The highest BCUT2D eigenvalue weighted by Crippen LogP contribution is 2.31. The monoisotopic (exact) mass is 337 g/mol. The first-order valence-electron chi connectivity index (χ1n) is 8.06. The summed E-state index contributed by atoms with van der Waals surface area (Å²) >= 11 is 0. The molecule has 0 spiro atoms. The van der Waals surface area contributed by atoms with Crippen molar-refractivity contribution in [3.63, 3.8) is 0 Å². The van der Waals surface area contributed by atoms with Gasteiger partial charge in [0.25, 0.3) is 0 Å². The third-order valence-corrected chi connectivity index (χ3v) is 4.35. The van der Waals surface area contributed by atoms with Crippen molar-refractivity contribution < 1.29 is 8.78 Å². The van der Waals surface area contributed by atoms with E-state index < -0.39 is 5.82 Å². The summed E-state index contributed by atoms with van der Waals surface area (Å²) in [5.74, 6) is -0.713. The summed E-state index contributed by atoms with van der Waals surface area (Å²) in [5, 5.41) is 1.61. The van der Waals surface area contributed by atoms with Gasteiger partial charge in [0.2, 0.25) is 0 Å². The van der Waals surface area contributed by atoms with Gasteiger partial charge in [0, 0.05) is 39.7 Å². The molecule has 0 radical (unpaired) electrons. The van der Waals surface area contributed by atoms with E-state index in [9.17, 15) is 8.78 Å². The second kappa shape index (κ2) is 5.34. The van der Waals surface area contributed by atoms with Gasteiger partial charge in [0.15, 0.2) is 5.82 Å². The fourth-order valence-electron chi connectivity index (χ4n) is 3.11. The van der Waals surface area contributed by atoms with E-state index in [2.05, 4.69) is 15.0 Å². The quantitative estimate of drug-likeness (QED) is 0.508. The van der Waals surface area contributed by atoms with Gasteiger partial charge in [-0.25, -0.2) is 8.78 Å². The number of nitrogens with zero attached hydrogens (tertiary/aromatic N) is 2. The molecule has 0 aliphatic heterocycles. The predicted molar refractivity (Wildman–Crippen MR) is 95.4 cm³/mol. The van der Waals surface area contributed by atoms with Gasteiger partial charge < -0.3 is 4.98 Å². The molecule has 0 aliphatic rings. The van der Waals surface area contributed by atoms with Crippen molar-refractivity contribution in [2.24, 2.45) is 0 Å². The number of aromatic nitrogens is 3. The average molecular weight is 337 g/mol. The smallest absolute Gasteiger partial charge is 0.165 e. The molecule has 0 atom stereocenters. The lowest BCUT2D eigenvalue weighted by molar-refractivity contribution is 0.503. The molecule has 0 saturated carbocycles. The molecule has 0 fully saturated rings. The number of pyridine rings is 2. The van der Waals surface area contributed by atoms with E-state index in [1.165, 1.54) is 12.3 Å². The molecule has 0 bridgehead atoms. The van der Waals surface area contributed by atoms with Crippen molar-refractivity contribution in [3.05, 3.63) is 60.2 Å². The molecule has 3 nitrogen and oxygen atoms in total. The maximum atomic E-state index is 14.4. The molecule has 3 aromatic heterocycles. The Morgan fingerprint density at radius 2 is 1.68 bits per heavy atom. The third-order valence-electron chi connectivity index (χ3n) is 4.35. The first-order chi connectivity index (χ1) is 11.8. The maximum Gasteiger partial charge on any atom is 0.165 e. The number of benzene rings is 1. The summed E-state index contributed by atoms with van der Waals surface area (Å²) in [4.78, 5) is 11.3. The van der Waals surface area contributed by atoms with Gasteiger partial charge >= 0.3 is 0 Å². The van der Waals surface area contributed by atoms with Crippen LogP contribution in [0.25, 0.3) is 32.9 Å². The number of halogens is 2. The van der Waals surface area contributed by atoms with Gasteiger partial charge in [0.05, 0.1) is 17.4 Å². The molecule has 4 rings (SSSR count). The third kappa shape index (κ3) is 2.56. The minimum absolute atomic E-state index is 0.322. The van der Waals surface area contributed by atoms with Crippen molar-refractivity contribution in [1.82, 2.24) is 15.0 Å². The van der Waals surface area contributed by atoms with E-state index in [1.54, 1.807) is 12.4 Å². The number of hydrogen-bond donors (Lipinski definition) is 1. The Morgan fingerprint density at radius 3 is 2.40 bits per heavy atom. The fraction of sp³-hybridized carbons (Fsp3) is 0.200. The molecular weight excluding hydrogens is 320 g/mol. The minimum atomic E-state index is -0.391. The van der Waals surface area contributed by atoms with Crippen LogP contribution >= 0.6 is 0 Å².